The number of amides is 1. The molecule has 0 heterocycles. The van der Waals surface area contributed by atoms with Crippen molar-refractivity contribution in [2.75, 3.05) is 11.1 Å². The zero-order valence-electron chi connectivity index (χ0n) is 16.1. The fourth-order valence-corrected chi connectivity index (χ4v) is 4.17. The summed E-state index contributed by atoms with van der Waals surface area (Å²) in [6.45, 7) is 4.31. The van der Waals surface area contributed by atoms with Crippen LogP contribution in [-0.4, -0.2) is 11.7 Å². The molecular formula is C24H24ClNOS. The zero-order valence-corrected chi connectivity index (χ0v) is 17.6. The van der Waals surface area contributed by atoms with Gasteiger partial charge >= 0.3 is 0 Å². The number of halogens is 1. The summed E-state index contributed by atoms with van der Waals surface area (Å²) in [6, 6.07) is 26.1. The molecule has 0 radical (unpaired) electrons. The molecule has 4 heteroatoms. The van der Waals surface area contributed by atoms with Gasteiger partial charge in [-0.15, -0.1) is 11.8 Å². The van der Waals surface area contributed by atoms with E-state index in [1.165, 1.54) is 11.1 Å². The average molecular weight is 410 g/mol. The Kier molecular flexibility index (Phi) is 7.18. The van der Waals surface area contributed by atoms with Gasteiger partial charge in [-0.1, -0.05) is 80.0 Å². The third-order valence-corrected chi connectivity index (χ3v) is 6.08. The first-order valence-corrected chi connectivity index (χ1v) is 10.8. The summed E-state index contributed by atoms with van der Waals surface area (Å²) in [5.41, 5.74) is 4.40. The minimum atomic E-state index is -0.00260. The van der Waals surface area contributed by atoms with Gasteiger partial charge in [0.2, 0.25) is 5.91 Å². The van der Waals surface area contributed by atoms with Gasteiger partial charge in [0.1, 0.15) is 0 Å². The largest absolute Gasteiger partial charge is 0.325 e. The van der Waals surface area contributed by atoms with Crippen molar-refractivity contribution in [2.45, 2.75) is 25.0 Å². The van der Waals surface area contributed by atoms with Crippen molar-refractivity contribution < 1.29 is 4.79 Å². The van der Waals surface area contributed by atoms with Crippen LogP contribution in [0.1, 0.15) is 41.7 Å². The summed E-state index contributed by atoms with van der Waals surface area (Å²) in [4.78, 5) is 12.5. The lowest BCUT2D eigenvalue weighted by atomic mass is 10.0. The van der Waals surface area contributed by atoms with E-state index >= 15 is 0 Å². The van der Waals surface area contributed by atoms with Gasteiger partial charge in [-0.2, -0.15) is 0 Å². The van der Waals surface area contributed by atoms with E-state index in [9.17, 15) is 4.79 Å². The van der Waals surface area contributed by atoms with Crippen molar-refractivity contribution in [2.24, 2.45) is 0 Å². The molecule has 1 N–H and O–H groups in total. The molecule has 0 unspecified atom stereocenters. The predicted octanol–water partition coefficient (Wildman–Crippen LogP) is 6.92. The first-order valence-electron chi connectivity index (χ1n) is 9.35. The maximum absolute atomic E-state index is 12.5. The summed E-state index contributed by atoms with van der Waals surface area (Å²) >= 11 is 7.65. The lowest BCUT2D eigenvalue weighted by molar-refractivity contribution is -0.113. The number of thioether (sulfide) groups is 1. The van der Waals surface area contributed by atoms with Crippen molar-refractivity contribution in [1.82, 2.24) is 0 Å². The molecule has 0 bridgehead atoms. The standard InChI is InChI=1S/C24H24ClNOS/c1-17(2)18-10-14-22(15-11-18)26-23(27)16-28-24(19-6-4-3-5-7-19)20-8-12-21(25)13-9-20/h3-15,17,24H,16H2,1-2H3,(H,26,27)/t24-/m1/s1. The Labute approximate surface area is 176 Å². The Morgan fingerprint density at radius 1 is 0.857 bits per heavy atom. The number of carbonyl (C=O) groups is 1. The number of hydrogen-bond donors (Lipinski definition) is 1. The van der Waals surface area contributed by atoms with Crippen molar-refractivity contribution in [3.63, 3.8) is 0 Å². The number of nitrogens with one attached hydrogen (secondary N) is 1. The maximum Gasteiger partial charge on any atom is 0.234 e. The summed E-state index contributed by atoms with van der Waals surface area (Å²) in [6.07, 6.45) is 0. The van der Waals surface area contributed by atoms with E-state index < -0.39 is 0 Å². The van der Waals surface area contributed by atoms with E-state index in [4.69, 9.17) is 11.6 Å². The highest BCUT2D eigenvalue weighted by molar-refractivity contribution is 8.00. The van der Waals surface area contributed by atoms with Gasteiger partial charge in [0.25, 0.3) is 0 Å². The molecule has 0 aromatic heterocycles. The molecule has 144 valence electrons. The Balaban J connectivity index is 1.67. The molecular weight excluding hydrogens is 386 g/mol. The highest BCUT2D eigenvalue weighted by Crippen LogP contribution is 2.36. The van der Waals surface area contributed by atoms with E-state index in [1.54, 1.807) is 11.8 Å². The Morgan fingerprint density at radius 3 is 2.04 bits per heavy atom. The number of hydrogen-bond acceptors (Lipinski definition) is 2. The molecule has 0 spiro atoms. The van der Waals surface area contributed by atoms with Gasteiger partial charge in [0.05, 0.1) is 11.0 Å². The van der Waals surface area contributed by atoms with Gasteiger partial charge in [0.15, 0.2) is 0 Å². The van der Waals surface area contributed by atoms with Crippen LogP contribution in [0.25, 0.3) is 0 Å². The molecule has 0 aliphatic heterocycles. The Hall–Kier alpha value is -2.23. The van der Waals surface area contributed by atoms with Crippen molar-refractivity contribution >= 4 is 35.0 Å². The number of anilines is 1. The fraction of sp³-hybridized carbons (Fsp3) is 0.208. The summed E-state index contributed by atoms with van der Waals surface area (Å²) in [5, 5.41) is 3.78. The van der Waals surface area contributed by atoms with Crippen LogP contribution >= 0.6 is 23.4 Å². The van der Waals surface area contributed by atoms with Crippen LogP contribution in [-0.2, 0) is 4.79 Å². The third kappa shape index (κ3) is 5.63. The van der Waals surface area contributed by atoms with Crippen molar-refractivity contribution in [3.8, 4) is 0 Å². The molecule has 0 fully saturated rings. The van der Waals surface area contributed by atoms with Crippen LogP contribution in [0.15, 0.2) is 78.9 Å². The zero-order chi connectivity index (χ0) is 19.9. The van der Waals surface area contributed by atoms with Crippen LogP contribution in [0.2, 0.25) is 5.02 Å². The molecule has 28 heavy (non-hydrogen) atoms. The molecule has 1 amide bonds. The number of benzene rings is 3. The van der Waals surface area contributed by atoms with Gasteiger partial charge in [-0.25, -0.2) is 0 Å². The lowest BCUT2D eigenvalue weighted by Crippen LogP contribution is -2.15. The molecule has 0 saturated heterocycles. The number of rotatable bonds is 7. The summed E-state index contributed by atoms with van der Waals surface area (Å²) in [7, 11) is 0. The second kappa shape index (κ2) is 9.81. The van der Waals surface area contributed by atoms with E-state index in [1.807, 2.05) is 54.6 Å². The highest BCUT2D eigenvalue weighted by atomic mass is 35.5. The molecule has 1 atom stereocenters. The third-order valence-electron chi connectivity index (χ3n) is 4.52. The maximum atomic E-state index is 12.5. The molecule has 0 saturated carbocycles. The monoisotopic (exact) mass is 409 g/mol. The second-order valence-corrected chi connectivity index (χ2v) is 8.51. The van der Waals surface area contributed by atoms with Crippen LogP contribution in [0.4, 0.5) is 5.69 Å². The minimum absolute atomic E-state index is 0.00260. The molecule has 0 aliphatic carbocycles. The molecule has 3 aromatic carbocycles. The Morgan fingerprint density at radius 2 is 1.43 bits per heavy atom. The van der Waals surface area contributed by atoms with Gasteiger partial charge in [-0.3, -0.25) is 4.79 Å². The van der Waals surface area contributed by atoms with E-state index in [-0.39, 0.29) is 11.2 Å². The summed E-state index contributed by atoms with van der Waals surface area (Å²) in [5.74, 6) is 0.845. The van der Waals surface area contributed by atoms with Crippen LogP contribution in [0.3, 0.4) is 0 Å². The average Bonchev–Trinajstić information content (AvgIpc) is 2.70. The van der Waals surface area contributed by atoms with E-state index in [2.05, 4.69) is 43.4 Å². The van der Waals surface area contributed by atoms with Crippen LogP contribution < -0.4 is 5.32 Å². The second-order valence-electron chi connectivity index (χ2n) is 6.98. The lowest BCUT2D eigenvalue weighted by Gasteiger charge is -2.18. The first-order chi connectivity index (χ1) is 13.5. The van der Waals surface area contributed by atoms with Crippen LogP contribution in [0, 0.1) is 0 Å². The number of carbonyl (C=O) groups excluding carboxylic acids is 1. The minimum Gasteiger partial charge on any atom is -0.325 e. The van der Waals surface area contributed by atoms with Gasteiger partial charge in [-0.05, 0) is 46.9 Å². The van der Waals surface area contributed by atoms with Crippen molar-refractivity contribution in [3.05, 3.63) is 101 Å². The molecule has 0 aliphatic rings. The molecule has 2 nitrogen and oxygen atoms in total. The Bertz CT molecular complexity index is 892. The highest BCUT2D eigenvalue weighted by Gasteiger charge is 2.16. The van der Waals surface area contributed by atoms with Gasteiger partial charge < -0.3 is 5.32 Å². The SMILES string of the molecule is CC(C)c1ccc(NC(=O)CS[C@H](c2ccccc2)c2ccc(Cl)cc2)cc1. The summed E-state index contributed by atoms with van der Waals surface area (Å²) < 4.78 is 0. The van der Waals surface area contributed by atoms with E-state index in [0.29, 0.717) is 16.7 Å². The van der Waals surface area contributed by atoms with E-state index in [0.717, 1.165) is 11.3 Å². The topological polar surface area (TPSA) is 29.1 Å². The fourth-order valence-electron chi connectivity index (χ4n) is 2.96. The quantitative estimate of drug-likeness (QED) is 0.458. The normalized spacial score (nSPS) is 12.0. The molecule has 3 aromatic rings. The first kappa shape index (κ1) is 20.5. The predicted molar refractivity (Wildman–Crippen MR) is 121 cm³/mol. The van der Waals surface area contributed by atoms with Gasteiger partial charge in [0, 0.05) is 10.7 Å². The van der Waals surface area contributed by atoms with Crippen molar-refractivity contribution in [1.29, 1.82) is 0 Å². The molecule has 3 rings (SSSR count). The smallest absolute Gasteiger partial charge is 0.234 e. The van der Waals surface area contributed by atoms with Crippen LogP contribution in [0.5, 0.6) is 0 Å².